The number of aromatic nitrogens is 2. The van der Waals surface area contributed by atoms with Gasteiger partial charge >= 0.3 is 0 Å². The molecule has 0 bridgehead atoms. The van der Waals surface area contributed by atoms with E-state index in [9.17, 15) is 0 Å². The van der Waals surface area contributed by atoms with Crippen molar-refractivity contribution in [3.05, 3.63) is 61.3 Å². The van der Waals surface area contributed by atoms with Gasteiger partial charge in [-0.2, -0.15) is 4.98 Å². The van der Waals surface area contributed by atoms with E-state index < -0.39 is 0 Å². The molecule has 0 aliphatic carbocycles. The van der Waals surface area contributed by atoms with Crippen molar-refractivity contribution in [2.24, 2.45) is 11.7 Å². The van der Waals surface area contributed by atoms with Gasteiger partial charge in [0.05, 0.1) is 19.8 Å². The van der Waals surface area contributed by atoms with Crippen LogP contribution in [0.5, 0.6) is 5.75 Å². The van der Waals surface area contributed by atoms with Gasteiger partial charge in [0.2, 0.25) is 5.95 Å². The number of nitrogens with zero attached hydrogens (tertiary/aromatic N) is 3. The fraction of sp³-hybridized carbons (Fsp3) is 0.440. The highest BCUT2D eigenvalue weighted by Crippen LogP contribution is 2.27. The first kappa shape index (κ1) is 24.7. The van der Waals surface area contributed by atoms with Gasteiger partial charge in [-0.05, 0) is 43.0 Å². The van der Waals surface area contributed by atoms with Gasteiger partial charge in [0.25, 0.3) is 0 Å². The summed E-state index contributed by atoms with van der Waals surface area (Å²) in [6.45, 7) is 12.5. The minimum Gasteiger partial charge on any atom is -0.492 e. The van der Waals surface area contributed by atoms with Crippen LogP contribution in [-0.4, -0.2) is 56.0 Å². The highest BCUT2D eigenvalue weighted by atomic mass is 16.5. The average Bonchev–Trinajstić information content (AvgIpc) is 2.84. The van der Waals surface area contributed by atoms with Crippen LogP contribution in [-0.2, 0) is 16.1 Å². The summed E-state index contributed by atoms with van der Waals surface area (Å²) in [5.41, 5.74) is 7.37. The molecule has 1 fully saturated rings. The third-order valence-corrected chi connectivity index (χ3v) is 5.35. The molecule has 178 valence electrons. The van der Waals surface area contributed by atoms with Crippen LogP contribution in [0.15, 0.2) is 55.8 Å². The Morgan fingerprint density at radius 2 is 1.91 bits per heavy atom. The third kappa shape index (κ3) is 7.85. The number of nitrogens with two attached hydrogens (primary N) is 1. The van der Waals surface area contributed by atoms with E-state index in [2.05, 4.69) is 28.4 Å². The monoisotopic (exact) mass is 453 g/mol. The van der Waals surface area contributed by atoms with Crippen LogP contribution >= 0.6 is 0 Å². The summed E-state index contributed by atoms with van der Waals surface area (Å²) in [7, 11) is 0. The van der Waals surface area contributed by atoms with Gasteiger partial charge in [0, 0.05) is 43.7 Å². The average molecular weight is 454 g/mol. The first-order valence-corrected chi connectivity index (χ1v) is 11.4. The summed E-state index contributed by atoms with van der Waals surface area (Å²) in [6.07, 6.45) is 7.47. The lowest BCUT2D eigenvalue weighted by molar-refractivity contribution is 0.112. The number of benzene rings is 1. The summed E-state index contributed by atoms with van der Waals surface area (Å²) in [5.74, 6) is 2.82. The molecule has 0 unspecified atom stereocenters. The maximum atomic E-state index is 5.75. The molecule has 2 aromatic rings. The second-order valence-electron chi connectivity index (χ2n) is 7.88. The molecule has 0 radical (unpaired) electrons. The lowest BCUT2D eigenvalue weighted by Crippen LogP contribution is -2.35. The molecule has 8 heteroatoms. The SMILES string of the molecule is C=CCOCc1cc(Nc2nccc(N3CCC(COCC=C)CC3)n2)ccc1OCCN. The smallest absolute Gasteiger partial charge is 0.229 e. The van der Waals surface area contributed by atoms with E-state index >= 15 is 0 Å². The predicted octanol–water partition coefficient (Wildman–Crippen LogP) is 3.68. The Bertz CT molecular complexity index is 884. The van der Waals surface area contributed by atoms with Gasteiger partial charge in [-0.3, -0.25) is 0 Å². The molecule has 0 spiro atoms. The number of rotatable bonds is 14. The quantitative estimate of drug-likeness (QED) is 0.330. The second kappa shape index (κ2) is 13.6. The summed E-state index contributed by atoms with van der Waals surface area (Å²) in [5, 5.41) is 3.31. The first-order valence-electron chi connectivity index (χ1n) is 11.4. The molecule has 1 saturated heterocycles. The minimum absolute atomic E-state index is 0.411. The van der Waals surface area contributed by atoms with Crippen LogP contribution in [0.3, 0.4) is 0 Å². The van der Waals surface area contributed by atoms with Crippen LogP contribution in [0.1, 0.15) is 18.4 Å². The molecule has 1 aromatic carbocycles. The summed E-state index contributed by atoms with van der Waals surface area (Å²) >= 11 is 0. The molecule has 0 atom stereocenters. The number of hydrogen-bond acceptors (Lipinski definition) is 8. The van der Waals surface area contributed by atoms with Crippen molar-refractivity contribution in [2.75, 3.05) is 56.3 Å². The van der Waals surface area contributed by atoms with Crippen molar-refractivity contribution in [1.29, 1.82) is 0 Å². The van der Waals surface area contributed by atoms with Crippen molar-refractivity contribution in [3.8, 4) is 5.75 Å². The summed E-state index contributed by atoms with van der Waals surface area (Å²) in [6, 6.07) is 7.79. The Morgan fingerprint density at radius 3 is 2.67 bits per heavy atom. The number of ether oxygens (including phenoxy) is 3. The lowest BCUT2D eigenvalue weighted by atomic mass is 9.98. The second-order valence-corrected chi connectivity index (χ2v) is 7.88. The van der Waals surface area contributed by atoms with Gasteiger partial charge in [-0.15, -0.1) is 13.2 Å². The van der Waals surface area contributed by atoms with E-state index in [1.807, 2.05) is 24.3 Å². The highest BCUT2D eigenvalue weighted by molar-refractivity contribution is 5.58. The molecular formula is C25H35N5O3. The van der Waals surface area contributed by atoms with E-state index in [0.29, 0.717) is 44.8 Å². The minimum atomic E-state index is 0.411. The molecule has 1 aromatic heterocycles. The predicted molar refractivity (Wildman–Crippen MR) is 132 cm³/mol. The molecule has 0 saturated carbocycles. The number of nitrogens with one attached hydrogen (secondary N) is 1. The Morgan fingerprint density at radius 1 is 1.12 bits per heavy atom. The fourth-order valence-corrected chi connectivity index (χ4v) is 3.69. The van der Waals surface area contributed by atoms with E-state index in [1.54, 1.807) is 18.3 Å². The molecule has 33 heavy (non-hydrogen) atoms. The van der Waals surface area contributed by atoms with E-state index in [-0.39, 0.29) is 0 Å². The van der Waals surface area contributed by atoms with Gasteiger partial charge in [0.15, 0.2) is 0 Å². The molecule has 2 heterocycles. The van der Waals surface area contributed by atoms with Gasteiger partial charge in [0.1, 0.15) is 18.2 Å². The van der Waals surface area contributed by atoms with E-state index in [0.717, 1.165) is 55.4 Å². The molecule has 3 rings (SSSR count). The lowest BCUT2D eigenvalue weighted by Gasteiger charge is -2.32. The Labute approximate surface area is 196 Å². The normalized spacial score (nSPS) is 14.2. The summed E-state index contributed by atoms with van der Waals surface area (Å²) in [4.78, 5) is 11.4. The number of anilines is 3. The zero-order valence-corrected chi connectivity index (χ0v) is 19.2. The molecule has 0 amide bonds. The standard InChI is InChI=1S/C25H35N5O3/c1-3-14-31-18-20-8-12-30(13-9-20)24-7-11-27-25(29-24)28-22-5-6-23(33-16-10-26)21(17-22)19-32-15-4-2/h3-7,11,17,20H,1-2,8-10,12-16,18-19,26H2,(H,27,28,29). The van der Waals surface area contributed by atoms with Gasteiger partial charge in [-0.25, -0.2) is 4.98 Å². The zero-order chi connectivity index (χ0) is 23.3. The summed E-state index contributed by atoms with van der Waals surface area (Å²) < 4.78 is 17.0. The molecule has 1 aliphatic heterocycles. The Balaban J connectivity index is 1.63. The molecular weight excluding hydrogens is 418 g/mol. The molecule has 8 nitrogen and oxygen atoms in total. The van der Waals surface area contributed by atoms with Crippen LogP contribution in [0.25, 0.3) is 0 Å². The van der Waals surface area contributed by atoms with Crippen molar-refractivity contribution in [3.63, 3.8) is 0 Å². The Hall–Kier alpha value is -2.94. The molecule has 1 aliphatic rings. The van der Waals surface area contributed by atoms with E-state index in [4.69, 9.17) is 24.9 Å². The first-order chi connectivity index (χ1) is 16.2. The van der Waals surface area contributed by atoms with Gasteiger partial charge < -0.3 is 30.2 Å². The van der Waals surface area contributed by atoms with Crippen LogP contribution < -0.4 is 20.7 Å². The topological polar surface area (TPSA) is 94.8 Å². The van der Waals surface area contributed by atoms with Gasteiger partial charge in [-0.1, -0.05) is 12.2 Å². The fourth-order valence-electron chi connectivity index (χ4n) is 3.69. The van der Waals surface area contributed by atoms with Crippen molar-refractivity contribution in [1.82, 2.24) is 9.97 Å². The number of piperidine rings is 1. The van der Waals surface area contributed by atoms with Crippen molar-refractivity contribution < 1.29 is 14.2 Å². The maximum absolute atomic E-state index is 5.75. The van der Waals surface area contributed by atoms with Crippen LogP contribution in [0.4, 0.5) is 17.5 Å². The highest BCUT2D eigenvalue weighted by Gasteiger charge is 2.20. The van der Waals surface area contributed by atoms with E-state index in [1.165, 1.54) is 0 Å². The van der Waals surface area contributed by atoms with Crippen LogP contribution in [0.2, 0.25) is 0 Å². The number of hydrogen-bond donors (Lipinski definition) is 2. The largest absolute Gasteiger partial charge is 0.492 e. The maximum Gasteiger partial charge on any atom is 0.229 e. The third-order valence-electron chi connectivity index (χ3n) is 5.35. The van der Waals surface area contributed by atoms with Crippen molar-refractivity contribution >= 4 is 17.5 Å². The zero-order valence-electron chi connectivity index (χ0n) is 19.2. The Kier molecular flexibility index (Phi) is 10.2. The molecule has 3 N–H and O–H groups in total. The van der Waals surface area contributed by atoms with Crippen LogP contribution in [0, 0.1) is 5.92 Å². The van der Waals surface area contributed by atoms with Crippen molar-refractivity contribution in [2.45, 2.75) is 19.4 Å².